The molecular formula is C28H28N2O5. The number of hydrogen-bond acceptors (Lipinski definition) is 5. The smallest absolute Gasteiger partial charge is 0.307 e. The highest BCUT2D eigenvalue weighted by Gasteiger charge is 2.33. The number of benzene rings is 3. The predicted molar refractivity (Wildman–Crippen MR) is 134 cm³/mol. The second-order valence-corrected chi connectivity index (χ2v) is 9.14. The molecule has 1 unspecified atom stereocenters. The molecule has 0 saturated heterocycles. The van der Waals surface area contributed by atoms with Crippen LogP contribution in [0.15, 0.2) is 66.7 Å². The first-order chi connectivity index (χ1) is 16.9. The number of amides is 1. The third-order valence-electron chi connectivity index (χ3n) is 6.59. The monoisotopic (exact) mass is 472 g/mol. The van der Waals surface area contributed by atoms with Crippen LogP contribution in [0.1, 0.15) is 28.4 Å². The van der Waals surface area contributed by atoms with E-state index in [-0.39, 0.29) is 24.5 Å². The third-order valence-corrected chi connectivity index (χ3v) is 6.59. The quantitative estimate of drug-likeness (QED) is 0.580. The number of aliphatic carboxylic acids is 1. The average molecular weight is 473 g/mol. The Hall–Kier alpha value is -4.00. The van der Waals surface area contributed by atoms with E-state index in [2.05, 4.69) is 4.90 Å². The molecule has 7 nitrogen and oxygen atoms in total. The Kier molecular flexibility index (Phi) is 6.07. The SMILES string of the molecule is CC1Cc2c(CC(=O)O)cccc2N1C(=O)c1ccc(OC[C@@H]2CN(C)c3ccccc3O2)cc1. The van der Waals surface area contributed by atoms with Crippen molar-refractivity contribution >= 4 is 23.3 Å². The van der Waals surface area contributed by atoms with Gasteiger partial charge in [0.2, 0.25) is 0 Å². The molecule has 2 heterocycles. The highest BCUT2D eigenvalue weighted by molar-refractivity contribution is 6.08. The van der Waals surface area contributed by atoms with Crippen LogP contribution in [0.2, 0.25) is 0 Å². The average Bonchev–Trinajstić information content (AvgIpc) is 3.19. The number of rotatable bonds is 6. The van der Waals surface area contributed by atoms with Crippen molar-refractivity contribution in [2.75, 3.05) is 30.0 Å². The molecule has 2 aliphatic rings. The molecule has 0 aliphatic carbocycles. The maximum absolute atomic E-state index is 13.4. The van der Waals surface area contributed by atoms with Crippen molar-refractivity contribution in [3.05, 3.63) is 83.4 Å². The van der Waals surface area contributed by atoms with Crippen LogP contribution in [-0.2, 0) is 17.6 Å². The molecule has 0 fully saturated rings. The van der Waals surface area contributed by atoms with Crippen LogP contribution < -0.4 is 19.3 Å². The number of carbonyl (C=O) groups excluding carboxylic acids is 1. The van der Waals surface area contributed by atoms with Crippen molar-refractivity contribution in [1.82, 2.24) is 0 Å². The molecule has 1 amide bonds. The maximum Gasteiger partial charge on any atom is 0.307 e. The van der Waals surface area contributed by atoms with Gasteiger partial charge in [-0.1, -0.05) is 24.3 Å². The fourth-order valence-electron chi connectivity index (χ4n) is 4.95. The zero-order chi connectivity index (χ0) is 24.5. The Morgan fingerprint density at radius 1 is 1.03 bits per heavy atom. The molecule has 5 rings (SSSR count). The fraction of sp³-hybridized carbons (Fsp3) is 0.286. The van der Waals surface area contributed by atoms with Gasteiger partial charge in [-0.25, -0.2) is 0 Å². The van der Waals surface area contributed by atoms with Crippen LogP contribution in [0, 0.1) is 0 Å². The Balaban J connectivity index is 1.25. The number of ether oxygens (including phenoxy) is 2. The lowest BCUT2D eigenvalue weighted by Gasteiger charge is -2.33. The van der Waals surface area contributed by atoms with Gasteiger partial charge in [0, 0.05) is 24.3 Å². The lowest BCUT2D eigenvalue weighted by Crippen LogP contribution is -2.41. The summed E-state index contributed by atoms with van der Waals surface area (Å²) in [4.78, 5) is 28.5. The lowest BCUT2D eigenvalue weighted by molar-refractivity contribution is -0.136. The first kappa shape index (κ1) is 22.8. The molecule has 3 aromatic rings. The minimum Gasteiger partial charge on any atom is -0.490 e. The summed E-state index contributed by atoms with van der Waals surface area (Å²) in [6.45, 7) is 3.11. The van der Waals surface area contributed by atoms with Crippen LogP contribution in [0.5, 0.6) is 11.5 Å². The molecule has 2 atom stereocenters. The summed E-state index contributed by atoms with van der Waals surface area (Å²) < 4.78 is 12.0. The number of nitrogens with zero attached hydrogens (tertiary/aromatic N) is 2. The number of fused-ring (bicyclic) bond motifs is 2. The molecule has 1 N–H and O–H groups in total. The Morgan fingerprint density at radius 3 is 2.54 bits per heavy atom. The first-order valence-corrected chi connectivity index (χ1v) is 11.8. The summed E-state index contributed by atoms with van der Waals surface area (Å²) >= 11 is 0. The molecule has 180 valence electrons. The van der Waals surface area contributed by atoms with E-state index in [0.717, 1.165) is 34.8 Å². The number of anilines is 2. The van der Waals surface area contributed by atoms with E-state index >= 15 is 0 Å². The van der Waals surface area contributed by atoms with Crippen molar-refractivity contribution in [2.45, 2.75) is 31.9 Å². The molecule has 0 saturated carbocycles. The van der Waals surface area contributed by atoms with E-state index in [1.807, 2.05) is 56.4 Å². The van der Waals surface area contributed by atoms with Gasteiger partial charge in [0.05, 0.1) is 18.7 Å². The zero-order valence-corrected chi connectivity index (χ0v) is 19.8. The van der Waals surface area contributed by atoms with E-state index in [0.29, 0.717) is 24.3 Å². The Labute approximate surface area is 204 Å². The Morgan fingerprint density at radius 2 is 1.77 bits per heavy atom. The molecular weight excluding hydrogens is 444 g/mol. The summed E-state index contributed by atoms with van der Waals surface area (Å²) in [6.07, 6.45) is 0.499. The molecule has 0 aromatic heterocycles. The topological polar surface area (TPSA) is 79.3 Å². The molecule has 0 bridgehead atoms. The summed E-state index contributed by atoms with van der Waals surface area (Å²) in [7, 11) is 2.04. The van der Waals surface area contributed by atoms with Crippen LogP contribution in [-0.4, -0.2) is 49.3 Å². The third kappa shape index (κ3) is 4.54. The highest BCUT2D eigenvalue weighted by Crippen LogP contribution is 2.36. The normalized spacial score (nSPS) is 18.5. The van der Waals surface area contributed by atoms with Crippen LogP contribution in [0.4, 0.5) is 11.4 Å². The van der Waals surface area contributed by atoms with Gasteiger partial charge in [0.15, 0.2) is 0 Å². The predicted octanol–water partition coefficient (Wildman–Crippen LogP) is 4.18. The zero-order valence-electron chi connectivity index (χ0n) is 19.8. The van der Waals surface area contributed by atoms with Crippen molar-refractivity contribution in [3.63, 3.8) is 0 Å². The molecule has 35 heavy (non-hydrogen) atoms. The second-order valence-electron chi connectivity index (χ2n) is 9.14. The number of para-hydroxylation sites is 2. The maximum atomic E-state index is 13.4. The number of carboxylic acids is 1. The second kappa shape index (κ2) is 9.33. The van der Waals surface area contributed by atoms with Gasteiger partial charge in [-0.15, -0.1) is 0 Å². The van der Waals surface area contributed by atoms with Gasteiger partial charge >= 0.3 is 5.97 Å². The van der Waals surface area contributed by atoms with Gasteiger partial charge in [0.25, 0.3) is 5.91 Å². The van der Waals surface area contributed by atoms with Crippen molar-refractivity contribution in [3.8, 4) is 11.5 Å². The molecule has 7 heteroatoms. The number of carbonyl (C=O) groups is 2. The fourth-order valence-corrected chi connectivity index (χ4v) is 4.95. The van der Waals surface area contributed by atoms with Crippen molar-refractivity contribution in [2.24, 2.45) is 0 Å². The van der Waals surface area contributed by atoms with Crippen molar-refractivity contribution in [1.29, 1.82) is 0 Å². The van der Waals surface area contributed by atoms with Gasteiger partial charge in [-0.3, -0.25) is 9.59 Å². The van der Waals surface area contributed by atoms with Gasteiger partial charge in [-0.2, -0.15) is 0 Å². The minimum atomic E-state index is -0.874. The minimum absolute atomic E-state index is 0.0456. The highest BCUT2D eigenvalue weighted by atomic mass is 16.5. The van der Waals surface area contributed by atoms with Crippen molar-refractivity contribution < 1.29 is 24.2 Å². The first-order valence-electron chi connectivity index (χ1n) is 11.8. The van der Waals surface area contributed by atoms with E-state index in [1.165, 1.54) is 0 Å². The number of hydrogen-bond donors (Lipinski definition) is 1. The van der Waals surface area contributed by atoms with Gasteiger partial charge in [-0.05, 0) is 66.9 Å². The summed E-state index contributed by atoms with van der Waals surface area (Å²) in [5, 5.41) is 9.22. The largest absolute Gasteiger partial charge is 0.490 e. The molecule has 0 spiro atoms. The standard InChI is InChI=1S/C28H28N2O5/c1-18-14-23-20(15-27(31)32)6-5-8-24(23)30(18)28(33)19-10-12-21(13-11-19)34-17-22-16-29(2)25-7-3-4-9-26(25)35-22/h3-13,18,22H,14-17H2,1-2H3,(H,31,32)/t18?,22-/m0/s1. The van der Waals surface area contributed by atoms with Crippen LogP contribution in [0.25, 0.3) is 0 Å². The molecule has 3 aromatic carbocycles. The summed E-state index contributed by atoms with van der Waals surface area (Å²) in [6, 6.07) is 20.6. The van der Waals surface area contributed by atoms with E-state index < -0.39 is 5.97 Å². The Bertz CT molecular complexity index is 1260. The number of carboxylic acid groups (broad SMARTS) is 1. The molecule has 2 aliphatic heterocycles. The summed E-state index contributed by atoms with van der Waals surface area (Å²) in [5.74, 6) is 0.539. The lowest BCUT2D eigenvalue weighted by atomic mass is 10.0. The number of likely N-dealkylation sites (N-methyl/N-ethyl adjacent to an activating group) is 1. The summed E-state index contributed by atoms with van der Waals surface area (Å²) in [5.41, 5.74) is 4.12. The van der Waals surface area contributed by atoms with Gasteiger partial charge in [0.1, 0.15) is 24.2 Å². The van der Waals surface area contributed by atoms with Crippen LogP contribution in [0.3, 0.4) is 0 Å². The van der Waals surface area contributed by atoms with E-state index in [9.17, 15) is 14.7 Å². The molecule has 0 radical (unpaired) electrons. The van der Waals surface area contributed by atoms with E-state index in [1.54, 1.807) is 29.2 Å². The van der Waals surface area contributed by atoms with Gasteiger partial charge < -0.3 is 24.4 Å². The van der Waals surface area contributed by atoms with Crippen LogP contribution >= 0.6 is 0 Å². The van der Waals surface area contributed by atoms with E-state index in [4.69, 9.17) is 9.47 Å².